The van der Waals surface area contributed by atoms with Gasteiger partial charge in [0.1, 0.15) is 0 Å². The van der Waals surface area contributed by atoms with Gasteiger partial charge in [-0.2, -0.15) is 0 Å². The van der Waals surface area contributed by atoms with Crippen LogP contribution in [0.25, 0.3) is 11.5 Å². The molecule has 0 aromatic heterocycles. The minimum atomic E-state index is 0.0276. The topological polar surface area (TPSA) is 30.7 Å². The average Bonchev–Trinajstić information content (AvgIpc) is 2.59. The summed E-state index contributed by atoms with van der Waals surface area (Å²) in [6.07, 6.45) is 3.78. The lowest BCUT2D eigenvalue weighted by atomic mass is 9.90. The number of nitrogens with zero attached hydrogens (tertiary/aromatic N) is 3. The van der Waals surface area contributed by atoms with Crippen molar-refractivity contribution in [1.29, 1.82) is 0 Å². The van der Waals surface area contributed by atoms with Gasteiger partial charge in [0.25, 0.3) is 0 Å². The predicted molar refractivity (Wildman–Crippen MR) is 70.3 cm³/mol. The molecule has 0 aliphatic carbocycles. The molecule has 0 unspecified atom stereocenters. The smallest absolute Gasteiger partial charge is 0.176 e. The molecule has 17 heavy (non-hydrogen) atoms. The van der Waals surface area contributed by atoms with Gasteiger partial charge in [-0.05, 0) is 26.8 Å². The van der Waals surface area contributed by atoms with Crippen LogP contribution in [0.3, 0.4) is 0 Å². The van der Waals surface area contributed by atoms with Gasteiger partial charge in [-0.15, -0.1) is 0 Å². The SMILES string of the molecule is CC(C)(C)c1cnc2nccc-2n1C(C)(C)C. The van der Waals surface area contributed by atoms with Crippen molar-refractivity contribution in [2.75, 3.05) is 0 Å². The lowest BCUT2D eigenvalue weighted by Crippen LogP contribution is -2.32. The molecule has 0 radical (unpaired) electrons. The summed E-state index contributed by atoms with van der Waals surface area (Å²) in [4.78, 5) is 8.73. The molecule has 0 amide bonds. The Labute approximate surface area is 103 Å². The van der Waals surface area contributed by atoms with Crippen molar-refractivity contribution in [1.82, 2.24) is 14.5 Å². The third-order valence-corrected chi connectivity index (χ3v) is 2.89. The lowest BCUT2D eigenvalue weighted by Gasteiger charge is -2.34. The van der Waals surface area contributed by atoms with E-state index in [2.05, 4.69) is 56.1 Å². The fourth-order valence-electron chi connectivity index (χ4n) is 2.15. The van der Waals surface area contributed by atoms with E-state index in [1.165, 1.54) is 5.69 Å². The molecule has 3 heteroatoms. The summed E-state index contributed by atoms with van der Waals surface area (Å²) >= 11 is 0. The molecule has 0 aromatic rings. The van der Waals surface area contributed by atoms with Crippen LogP contribution in [-0.4, -0.2) is 14.5 Å². The van der Waals surface area contributed by atoms with Gasteiger partial charge in [-0.25, -0.2) is 9.97 Å². The van der Waals surface area contributed by atoms with Crippen LogP contribution in [0, 0.1) is 0 Å². The molecule has 0 saturated heterocycles. The second kappa shape index (κ2) is 3.56. The number of hydrogen-bond acceptors (Lipinski definition) is 2. The zero-order valence-corrected chi connectivity index (χ0v) is 11.6. The Bertz CT molecular complexity index is 497. The summed E-state index contributed by atoms with van der Waals surface area (Å²) in [5.74, 6) is 0.827. The molecular weight excluding hydrogens is 210 g/mol. The lowest BCUT2D eigenvalue weighted by molar-refractivity contribution is 0.357. The minimum absolute atomic E-state index is 0.0276. The zero-order chi connectivity index (χ0) is 12.8. The maximum Gasteiger partial charge on any atom is 0.176 e. The molecule has 0 spiro atoms. The maximum absolute atomic E-state index is 4.45. The quantitative estimate of drug-likeness (QED) is 0.695. The van der Waals surface area contributed by atoms with E-state index in [1.807, 2.05) is 18.5 Å². The Morgan fingerprint density at radius 2 is 1.65 bits per heavy atom. The van der Waals surface area contributed by atoms with Crippen LogP contribution in [0.15, 0.2) is 18.5 Å². The first-order chi connectivity index (χ1) is 7.71. The number of hydrogen-bond donors (Lipinski definition) is 0. The number of aromatic nitrogens is 3. The first-order valence-corrected chi connectivity index (χ1v) is 6.05. The van der Waals surface area contributed by atoms with Crippen LogP contribution < -0.4 is 0 Å². The van der Waals surface area contributed by atoms with Crippen molar-refractivity contribution in [3.05, 3.63) is 24.2 Å². The number of fused-ring (bicyclic) bond motifs is 1. The van der Waals surface area contributed by atoms with Gasteiger partial charge in [-0.1, -0.05) is 20.8 Å². The standard InChI is InChI=1S/C14H21N3/c1-13(2,3)11-9-16-12-10(7-8-15-12)17(11)14(4,5)6/h7-9H,1-6H3. The third kappa shape index (κ3) is 2.06. The van der Waals surface area contributed by atoms with Crippen LogP contribution in [0.4, 0.5) is 0 Å². The third-order valence-electron chi connectivity index (χ3n) is 2.89. The van der Waals surface area contributed by atoms with Gasteiger partial charge < -0.3 is 4.57 Å². The van der Waals surface area contributed by atoms with Gasteiger partial charge in [0.05, 0.1) is 5.69 Å². The van der Waals surface area contributed by atoms with E-state index in [9.17, 15) is 0 Å². The summed E-state index contributed by atoms with van der Waals surface area (Å²) in [5.41, 5.74) is 2.46. The summed E-state index contributed by atoms with van der Waals surface area (Å²) in [6, 6.07) is 2.04. The van der Waals surface area contributed by atoms with E-state index in [0.29, 0.717) is 0 Å². The first-order valence-electron chi connectivity index (χ1n) is 6.05. The van der Waals surface area contributed by atoms with Gasteiger partial charge in [-0.3, -0.25) is 0 Å². The van der Waals surface area contributed by atoms with Crippen molar-refractivity contribution in [3.63, 3.8) is 0 Å². The molecule has 0 fully saturated rings. The van der Waals surface area contributed by atoms with Crippen LogP contribution >= 0.6 is 0 Å². The van der Waals surface area contributed by atoms with Crippen molar-refractivity contribution in [2.45, 2.75) is 52.5 Å². The normalized spacial score (nSPS) is 13.3. The van der Waals surface area contributed by atoms with E-state index in [-0.39, 0.29) is 11.0 Å². The summed E-state index contributed by atoms with van der Waals surface area (Å²) in [5, 5.41) is 0. The molecule has 92 valence electrons. The highest BCUT2D eigenvalue weighted by Crippen LogP contribution is 2.32. The van der Waals surface area contributed by atoms with Crippen LogP contribution in [0.2, 0.25) is 0 Å². The van der Waals surface area contributed by atoms with Crippen molar-refractivity contribution < 1.29 is 0 Å². The second-order valence-corrected chi connectivity index (χ2v) is 6.55. The van der Waals surface area contributed by atoms with E-state index in [4.69, 9.17) is 0 Å². The van der Waals surface area contributed by atoms with Gasteiger partial charge in [0.15, 0.2) is 5.82 Å². The van der Waals surface area contributed by atoms with E-state index in [1.54, 1.807) is 0 Å². The Morgan fingerprint density at radius 1 is 1.00 bits per heavy atom. The Balaban J connectivity index is 2.80. The van der Waals surface area contributed by atoms with Crippen LogP contribution in [-0.2, 0) is 11.0 Å². The van der Waals surface area contributed by atoms with Gasteiger partial charge >= 0.3 is 0 Å². The van der Waals surface area contributed by atoms with Gasteiger partial charge in [0.2, 0.25) is 0 Å². The molecular formula is C14H21N3. The minimum Gasteiger partial charge on any atom is -0.335 e. The van der Waals surface area contributed by atoms with E-state index < -0.39 is 0 Å². The predicted octanol–water partition coefficient (Wildman–Crippen LogP) is 3.44. The Morgan fingerprint density at radius 3 is 2.18 bits per heavy atom. The van der Waals surface area contributed by atoms with Crippen LogP contribution in [0.1, 0.15) is 47.2 Å². The van der Waals surface area contributed by atoms with Crippen molar-refractivity contribution in [2.24, 2.45) is 0 Å². The molecule has 2 heterocycles. The average molecular weight is 231 g/mol. The second-order valence-electron chi connectivity index (χ2n) is 6.55. The molecule has 0 aromatic carbocycles. The van der Waals surface area contributed by atoms with Crippen molar-refractivity contribution >= 4 is 0 Å². The summed E-state index contributed by atoms with van der Waals surface area (Å²) in [6.45, 7) is 13.3. The molecule has 0 saturated carbocycles. The Kier molecular flexibility index (Phi) is 2.53. The molecule has 0 N–H and O–H groups in total. The first kappa shape index (κ1) is 12.1. The highest BCUT2D eigenvalue weighted by Gasteiger charge is 2.28. The highest BCUT2D eigenvalue weighted by atomic mass is 15.1. The molecule has 2 aliphatic heterocycles. The summed E-state index contributed by atoms with van der Waals surface area (Å²) < 4.78 is 2.35. The largest absolute Gasteiger partial charge is 0.335 e. The molecule has 0 atom stereocenters. The van der Waals surface area contributed by atoms with Crippen LogP contribution in [0.5, 0.6) is 0 Å². The monoisotopic (exact) mass is 231 g/mol. The number of rotatable bonds is 0. The van der Waals surface area contributed by atoms with E-state index >= 15 is 0 Å². The highest BCUT2D eigenvalue weighted by molar-refractivity contribution is 5.53. The van der Waals surface area contributed by atoms with Gasteiger partial charge in [0, 0.05) is 29.0 Å². The zero-order valence-electron chi connectivity index (χ0n) is 11.6. The molecule has 3 nitrogen and oxygen atoms in total. The van der Waals surface area contributed by atoms with Crippen molar-refractivity contribution in [3.8, 4) is 11.5 Å². The molecule has 0 bridgehead atoms. The van der Waals surface area contributed by atoms with E-state index in [0.717, 1.165) is 11.5 Å². The summed E-state index contributed by atoms with van der Waals surface area (Å²) in [7, 11) is 0. The Hall–Kier alpha value is -1.38. The maximum atomic E-state index is 4.45. The molecule has 2 rings (SSSR count). The molecule has 2 aliphatic rings. The fraction of sp³-hybridized carbons (Fsp3) is 0.571. The fourth-order valence-corrected chi connectivity index (χ4v) is 2.15.